The van der Waals surface area contributed by atoms with Crippen LogP contribution in [-0.2, 0) is 9.84 Å². The summed E-state index contributed by atoms with van der Waals surface area (Å²) in [7, 11) is -1.20. The summed E-state index contributed by atoms with van der Waals surface area (Å²) < 4.78 is 23.0. The molecule has 1 aliphatic rings. The molecule has 134 valence electrons. The lowest BCUT2D eigenvalue weighted by Gasteiger charge is -2.19. The molecule has 1 saturated carbocycles. The van der Waals surface area contributed by atoms with E-state index in [2.05, 4.69) is 53.7 Å². The molecule has 1 fully saturated rings. The van der Waals surface area contributed by atoms with Crippen LogP contribution < -0.4 is 10.6 Å². The van der Waals surface area contributed by atoms with Gasteiger partial charge in [-0.3, -0.25) is 4.99 Å². The van der Waals surface area contributed by atoms with Gasteiger partial charge in [-0.1, -0.05) is 36.8 Å². The smallest absolute Gasteiger partial charge is 0.191 e. The van der Waals surface area contributed by atoms with E-state index in [9.17, 15) is 8.42 Å². The number of guanidine groups is 1. The van der Waals surface area contributed by atoms with Gasteiger partial charge in [0.05, 0.1) is 5.75 Å². The maximum atomic E-state index is 11.5. The van der Waals surface area contributed by atoms with Gasteiger partial charge >= 0.3 is 0 Å². The van der Waals surface area contributed by atoms with Crippen molar-refractivity contribution in [1.82, 2.24) is 10.6 Å². The maximum absolute atomic E-state index is 11.5. The summed E-state index contributed by atoms with van der Waals surface area (Å²) in [6, 6.07) is 8.56. The van der Waals surface area contributed by atoms with Crippen LogP contribution in [0.15, 0.2) is 29.3 Å². The molecule has 1 aromatic rings. The van der Waals surface area contributed by atoms with Gasteiger partial charge in [0.1, 0.15) is 9.84 Å². The fourth-order valence-electron chi connectivity index (χ4n) is 2.86. The van der Waals surface area contributed by atoms with Crippen molar-refractivity contribution in [1.29, 1.82) is 0 Å². The number of hydrogen-bond acceptors (Lipinski definition) is 3. The summed E-state index contributed by atoms with van der Waals surface area (Å²) in [5.41, 5.74) is 2.45. The lowest BCUT2D eigenvalue weighted by Crippen LogP contribution is -2.42. The first kappa shape index (κ1) is 18.8. The Labute approximate surface area is 145 Å². The molecule has 1 unspecified atom stereocenters. The highest BCUT2D eigenvalue weighted by molar-refractivity contribution is 7.90. The van der Waals surface area contributed by atoms with Gasteiger partial charge in [-0.25, -0.2) is 8.42 Å². The van der Waals surface area contributed by atoms with Gasteiger partial charge < -0.3 is 10.6 Å². The topological polar surface area (TPSA) is 70.6 Å². The Balaban J connectivity index is 1.81. The zero-order valence-corrected chi connectivity index (χ0v) is 15.9. The number of hydrogen-bond donors (Lipinski definition) is 2. The number of rotatable bonds is 7. The second-order valence-electron chi connectivity index (χ2n) is 7.19. The number of nitrogens with zero attached hydrogens (tertiary/aromatic N) is 1. The van der Waals surface area contributed by atoms with Gasteiger partial charge in [0.15, 0.2) is 5.96 Å². The first-order chi connectivity index (χ1) is 11.2. The number of sulfone groups is 1. The Hall–Kier alpha value is -1.56. The highest BCUT2D eigenvalue weighted by atomic mass is 32.2. The molecule has 2 rings (SSSR count). The van der Waals surface area contributed by atoms with Crippen LogP contribution >= 0.6 is 0 Å². The van der Waals surface area contributed by atoms with Gasteiger partial charge in [0, 0.05) is 31.8 Å². The number of benzene rings is 1. The van der Waals surface area contributed by atoms with Gasteiger partial charge in [-0.2, -0.15) is 0 Å². The molecule has 0 bridgehead atoms. The Bertz CT molecular complexity index is 677. The Morgan fingerprint density at radius 1 is 1.25 bits per heavy atom. The second-order valence-corrected chi connectivity index (χ2v) is 9.33. The Morgan fingerprint density at radius 3 is 2.38 bits per heavy atom. The minimum absolute atomic E-state index is 0.103. The summed E-state index contributed by atoms with van der Waals surface area (Å²) in [4.78, 5) is 4.24. The normalized spacial score (nSPS) is 18.1. The van der Waals surface area contributed by atoms with Gasteiger partial charge in [-0.05, 0) is 31.2 Å². The van der Waals surface area contributed by atoms with Gasteiger partial charge in [0.2, 0.25) is 0 Å². The molecular weight excluding hydrogens is 322 g/mol. The van der Waals surface area contributed by atoms with E-state index in [-0.39, 0.29) is 11.2 Å². The summed E-state index contributed by atoms with van der Waals surface area (Å²) in [5, 5.41) is 6.62. The molecule has 5 nitrogen and oxygen atoms in total. The van der Waals surface area contributed by atoms with Crippen LogP contribution in [0.3, 0.4) is 0 Å². The molecule has 0 saturated heterocycles. The molecule has 0 heterocycles. The summed E-state index contributed by atoms with van der Waals surface area (Å²) in [5.74, 6) is 1.35. The highest BCUT2D eigenvalue weighted by Crippen LogP contribution is 2.45. The SMILES string of the molecule is CN=C(NCC(C)c1ccc(C)cc1)NCC1(CS(C)(=O)=O)CC1. The van der Waals surface area contributed by atoms with Crippen LogP contribution in [0.2, 0.25) is 0 Å². The molecule has 1 aromatic carbocycles. The third-order valence-electron chi connectivity index (χ3n) is 4.60. The second kappa shape index (κ2) is 7.55. The number of nitrogens with one attached hydrogen (secondary N) is 2. The van der Waals surface area contributed by atoms with E-state index in [0.29, 0.717) is 12.5 Å². The minimum Gasteiger partial charge on any atom is -0.356 e. The fraction of sp³-hybridized carbons (Fsp3) is 0.611. The zero-order valence-electron chi connectivity index (χ0n) is 15.1. The van der Waals surface area contributed by atoms with Crippen molar-refractivity contribution in [3.05, 3.63) is 35.4 Å². The Morgan fingerprint density at radius 2 is 1.88 bits per heavy atom. The van der Waals surface area contributed by atoms with Crippen molar-refractivity contribution in [3.63, 3.8) is 0 Å². The summed E-state index contributed by atoms with van der Waals surface area (Å²) in [6.07, 6.45) is 3.23. The predicted molar refractivity (Wildman–Crippen MR) is 100 cm³/mol. The largest absolute Gasteiger partial charge is 0.356 e. The molecule has 6 heteroatoms. The van der Waals surface area contributed by atoms with E-state index >= 15 is 0 Å². The molecule has 0 aliphatic heterocycles. The average molecular weight is 352 g/mol. The third kappa shape index (κ3) is 5.82. The number of aliphatic imine (C=N–C) groups is 1. The average Bonchev–Trinajstić information content (AvgIpc) is 3.25. The van der Waals surface area contributed by atoms with E-state index in [4.69, 9.17) is 0 Å². The van der Waals surface area contributed by atoms with Gasteiger partial charge in [-0.15, -0.1) is 0 Å². The molecule has 24 heavy (non-hydrogen) atoms. The lowest BCUT2D eigenvalue weighted by molar-refractivity contribution is 0.528. The van der Waals surface area contributed by atoms with Crippen LogP contribution in [0.4, 0.5) is 0 Å². The molecular formula is C18H29N3O2S. The molecule has 0 aromatic heterocycles. The Kier molecular flexibility index (Phi) is 5.91. The van der Waals surface area contributed by atoms with E-state index in [1.807, 2.05) is 0 Å². The molecule has 0 radical (unpaired) electrons. The standard InChI is InChI=1S/C18H29N3O2S/c1-14-5-7-16(8-6-14)15(2)11-20-17(19-3)21-12-18(9-10-18)13-24(4,22)23/h5-8,15H,9-13H2,1-4H3,(H2,19,20,21). The van der Waals surface area contributed by atoms with E-state index in [1.54, 1.807) is 7.05 Å². The molecule has 1 aliphatic carbocycles. The van der Waals surface area contributed by atoms with Crippen LogP contribution in [0.5, 0.6) is 0 Å². The van der Waals surface area contributed by atoms with Gasteiger partial charge in [0.25, 0.3) is 0 Å². The molecule has 1 atom stereocenters. The van der Waals surface area contributed by atoms with Crippen molar-refractivity contribution < 1.29 is 8.42 Å². The van der Waals surface area contributed by atoms with Crippen molar-refractivity contribution in [3.8, 4) is 0 Å². The van der Waals surface area contributed by atoms with Crippen molar-refractivity contribution in [2.75, 3.05) is 32.1 Å². The first-order valence-electron chi connectivity index (χ1n) is 8.42. The van der Waals surface area contributed by atoms with Crippen LogP contribution in [-0.4, -0.2) is 46.5 Å². The van der Waals surface area contributed by atoms with Crippen molar-refractivity contribution >= 4 is 15.8 Å². The van der Waals surface area contributed by atoms with E-state index in [0.717, 1.165) is 25.3 Å². The van der Waals surface area contributed by atoms with Crippen molar-refractivity contribution in [2.24, 2.45) is 10.4 Å². The van der Waals surface area contributed by atoms with Crippen LogP contribution in [0, 0.1) is 12.3 Å². The first-order valence-corrected chi connectivity index (χ1v) is 10.5. The van der Waals surface area contributed by atoms with E-state index in [1.165, 1.54) is 17.4 Å². The zero-order chi connectivity index (χ0) is 17.8. The monoisotopic (exact) mass is 351 g/mol. The lowest BCUT2D eigenvalue weighted by atomic mass is 10.0. The predicted octanol–water partition coefficient (Wildman–Crippen LogP) is 2.09. The summed E-state index contributed by atoms with van der Waals surface area (Å²) in [6.45, 7) is 5.69. The van der Waals surface area contributed by atoms with Crippen LogP contribution in [0.25, 0.3) is 0 Å². The summed E-state index contributed by atoms with van der Waals surface area (Å²) >= 11 is 0. The van der Waals surface area contributed by atoms with E-state index < -0.39 is 9.84 Å². The molecule has 0 spiro atoms. The third-order valence-corrected chi connectivity index (χ3v) is 5.74. The molecule has 0 amide bonds. The molecule has 2 N–H and O–H groups in total. The van der Waals surface area contributed by atoms with Crippen LogP contribution in [0.1, 0.15) is 36.8 Å². The highest BCUT2D eigenvalue weighted by Gasteiger charge is 2.45. The fourth-order valence-corrected chi connectivity index (χ4v) is 4.36. The number of aryl methyl sites for hydroxylation is 1. The minimum atomic E-state index is -2.94. The maximum Gasteiger partial charge on any atom is 0.191 e. The quantitative estimate of drug-likeness (QED) is 0.583. The van der Waals surface area contributed by atoms with Crippen molar-refractivity contribution in [2.45, 2.75) is 32.6 Å².